The first-order valence-electron chi connectivity index (χ1n) is 7.30. The lowest BCUT2D eigenvalue weighted by atomic mass is 10.1. The molecule has 0 aliphatic rings. The van der Waals surface area contributed by atoms with Crippen molar-refractivity contribution < 1.29 is 13.9 Å². The van der Waals surface area contributed by atoms with E-state index in [1.807, 2.05) is 39.0 Å². The highest BCUT2D eigenvalue weighted by Crippen LogP contribution is 2.19. The first-order chi connectivity index (χ1) is 10.5. The van der Waals surface area contributed by atoms with Crippen molar-refractivity contribution in [3.05, 3.63) is 59.4 Å². The molecule has 3 nitrogen and oxygen atoms in total. The minimum absolute atomic E-state index is 0.0879. The van der Waals surface area contributed by atoms with Crippen molar-refractivity contribution in [3.8, 4) is 5.75 Å². The third-order valence-electron chi connectivity index (χ3n) is 3.26. The van der Waals surface area contributed by atoms with E-state index in [0.717, 1.165) is 16.8 Å². The number of carbonyl (C=O) groups excluding carboxylic acids is 1. The Morgan fingerprint density at radius 1 is 1.18 bits per heavy atom. The molecule has 0 unspecified atom stereocenters. The van der Waals surface area contributed by atoms with Crippen LogP contribution in [0.2, 0.25) is 0 Å². The number of nitrogens with one attached hydrogen (secondary N) is 1. The number of para-hydroxylation sites is 1. The van der Waals surface area contributed by atoms with Gasteiger partial charge in [0.05, 0.1) is 0 Å². The lowest BCUT2D eigenvalue weighted by molar-refractivity contribution is -0.122. The van der Waals surface area contributed by atoms with E-state index < -0.39 is 11.9 Å². The van der Waals surface area contributed by atoms with Crippen molar-refractivity contribution >= 4 is 11.6 Å². The molecule has 0 aromatic heterocycles. The van der Waals surface area contributed by atoms with Crippen molar-refractivity contribution in [1.82, 2.24) is 0 Å². The zero-order chi connectivity index (χ0) is 16.1. The Hall–Kier alpha value is -2.36. The molecule has 0 radical (unpaired) electrons. The molecule has 0 saturated heterocycles. The van der Waals surface area contributed by atoms with Gasteiger partial charge in [0.2, 0.25) is 0 Å². The average molecular weight is 301 g/mol. The smallest absolute Gasteiger partial charge is 0.265 e. The molecule has 0 aliphatic carbocycles. The van der Waals surface area contributed by atoms with Crippen molar-refractivity contribution in [2.75, 3.05) is 5.32 Å². The molecule has 2 aromatic carbocycles. The Morgan fingerprint density at radius 2 is 1.82 bits per heavy atom. The van der Waals surface area contributed by atoms with E-state index in [1.54, 1.807) is 12.1 Å². The lowest BCUT2D eigenvalue weighted by Gasteiger charge is -2.18. The fourth-order valence-corrected chi connectivity index (χ4v) is 2.29. The summed E-state index contributed by atoms with van der Waals surface area (Å²) in [5, 5.41) is 2.83. The maximum atomic E-state index is 13.6. The van der Waals surface area contributed by atoms with Gasteiger partial charge in [-0.15, -0.1) is 0 Å². The third-order valence-corrected chi connectivity index (χ3v) is 3.26. The minimum Gasteiger partial charge on any atom is -0.478 e. The SMILES string of the molecule is CC[C@@H](Oc1ccccc1F)C(=O)Nc1cc(C)cc(C)c1. The van der Waals surface area contributed by atoms with Gasteiger partial charge >= 0.3 is 0 Å². The summed E-state index contributed by atoms with van der Waals surface area (Å²) >= 11 is 0. The van der Waals surface area contributed by atoms with E-state index in [2.05, 4.69) is 5.32 Å². The van der Waals surface area contributed by atoms with E-state index in [9.17, 15) is 9.18 Å². The molecule has 116 valence electrons. The summed E-state index contributed by atoms with van der Waals surface area (Å²) in [7, 11) is 0. The molecule has 4 heteroatoms. The quantitative estimate of drug-likeness (QED) is 0.897. The van der Waals surface area contributed by atoms with Crippen LogP contribution in [-0.4, -0.2) is 12.0 Å². The van der Waals surface area contributed by atoms with Gasteiger partial charge in [0, 0.05) is 5.69 Å². The Bertz CT molecular complexity index is 650. The van der Waals surface area contributed by atoms with E-state index in [0.29, 0.717) is 6.42 Å². The molecule has 0 heterocycles. The second kappa shape index (κ2) is 7.07. The summed E-state index contributed by atoms with van der Waals surface area (Å²) < 4.78 is 19.1. The number of carbonyl (C=O) groups is 1. The average Bonchev–Trinajstić information content (AvgIpc) is 2.45. The Labute approximate surface area is 130 Å². The molecule has 0 bridgehead atoms. The van der Waals surface area contributed by atoms with Crippen LogP contribution in [-0.2, 0) is 4.79 Å². The summed E-state index contributed by atoms with van der Waals surface area (Å²) in [6.45, 7) is 5.76. The topological polar surface area (TPSA) is 38.3 Å². The molecule has 1 atom stereocenters. The van der Waals surface area contributed by atoms with Gasteiger partial charge in [0.15, 0.2) is 17.7 Å². The van der Waals surface area contributed by atoms with Gasteiger partial charge in [-0.05, 0) is 55.7 Å². The number of hydrogen-bond donors (Lipinski definition) is 1. The summed E-state index contributed by atoms with van der Waals surface area (Å²) in [5.74, 6) is -0.666. The Balaban J connectivity index is 2.10. The predicted molar refractivity (Wildman–Crippen MR) is 85.7 cm³/mol. The van der Waals surface area contributed by atoms with Crippen LogP contribution >= 0.6 is 0 Å². The van der Waals surface area contributed by atoms with Crippen LogP contribution in [0.15, 0.2) is 42.5 Å². The second-order valence-electron chi connectivity index (χ2n) is 5.31. The van der Waals surface area contributed by atoms with E-state index >= 15 is 0 Å². The van der Waals surface area contributed by atoms with Crippen molar-refractivity contribution in [2.24, 2.45) is 0 Å². The number of rotatable bonds is 5. The van der Waals surface area contributed by atoms with Crippen LogP contribution in [0.1, 0.15) is 24.5 Å². The van der Waals surface area contributed by atoms with Crippen LogP contribution in [0.4, 0.5) is 10.1 Å². The Morgan fingerprint density at radius 3 is 2.41 bits per heavy atom. The van der Waals surface area contributed by atoms with Gasteiger partial charge in [0.1, 0.15) is 0 Å². The number of halogens is 1. The van der Waals surface area contributed by atoms with E-state index in [-0.39, 0.29) is 11.7 Å². The minimum atomic E-state index is -0.738. The van der Waals surface area contributed by atoms with Gasteiger partial charge in [-0.25, -0.2) is 4.39 Å². The highest BCUT2D eigenvalue weighted by Gasteiger charge is 2.20. The first kappa shape index (κ1) is 16.0. The number of hydrogen-bond acceptors (Lipinski definition) is 2. The summed E-state index contributed by atoms with van der Waals surface area (Å²) in [6.07, 6.45) is -0.289. The number of ether oxygens (including phenoxy) is 1. The summed E-state index contributed by atoms with van der Waals surface area (Å²) in [4.78, 5) is 12.3. The highest BCUT2D eigenvalue weighted by atomic mass is 19.1. The molecule has 2 aromatic rings. The third kappa shape index (κ3) is 4.07. The standard InChI is InChI=1S/C18H20FNO2/c1-4-16(22-17-8-6-5-7-15(17)19)18(21)20-14-10-12(2)9-13(3)11-14/h5-11,16H,4H2,1-3H3,(H,20,21)/t16-/m1/s1. The van der Waals surface area contributed by atoms with Crippen molar-refractivity contribution in [3.63, 3.8) is 0 Å². The van der Waals surface area contributed by atoms with Gasteiger partial charge < -0.3 is 10.1 Å². The molecule has 0 aliphatic heterocycles. The molecular formula is C18H20FNO2. The van der Waals surface area contributed by atoms with Crippen LogP contribution < -0.4 is 10.1 Å². The molecule has 22 heavy (non-hydrogen) atoms. The van der Waals surface area contributed by atoms with Crippen LogP contribution in [0, 0.1) is 19.7 Å². The van der Waals surface area contributed by atoms with E-state index in [4.69, 9.17) is 4.74 Å². The van der Waals surface area contributed by atoms with Gasteiger partial charge in [-0.3, -0.25) is 4.79 Å². The maximum absolute atomic E-state index is 13.6. The van der Waals surface area contributed by atoms with Gasteiger partial charge in [0.25, 0.3) is 5.91 Å². The van der Waals surface area contributed by atoms with Crippen LogP contribution in [0.5, 0.6) is 5.75 Å². The molecule has 1 N–H and O–H groups in total. The zero-order valence-corrected chi connectivity index (χ0v) is 13.0. The number of anilines is 1. The molecule has 0 saturated carbocycles. The monoisotopic (exact) mass is 301 g/mol. The van der Waals surface area contributed by atoms with Crippen molar-refractivity contribution in [1.29, 1.82) is 0 Å². The number of amides is 1. The first-order valence-corrected chi connectivity index (χ1v) is 7.30. The molecule has 0 spiro atoms. The van der Waals surface area contributed by atoms with Gasteiger partial charge in [-0.2, -0.15) is 0 Å². The molecular weight excluding hydrogens is 281 g/mol. The second-order valence-corrected chi connectivity index (χ2v) is 5.31. The normalized spacial score (nSPS) is 11.8. The molecule has 0 fully saturated rings. The molecule has 2 rings (SSSR count). The maximum Gasteiger partial charge on any atom is 0.265 e. The van der Waals surface area contributed by atoms with Gasteiger partial charge in [-0.1, -0.05) is 25.1 Å². The Kier molecular flexibility index (Phi) is 5.15. The number of aryl methyl sites for hydroxylation is 2. The largest absolute Gasteiger partial charge is 0.478 e. The van der Waals surface area contributed by atoms with E-state index in [1.165, 1.54) is 12.1 Å². The summed E-state index contributed by atoms with van der Waals surface area (Å²) in [6, 6.07) is 11.9. The lowest BCUT2D eigenvalue weighted by Crippen LogP contribution is -2.32. The number of benzene rings is 2. The summed E-state index contributed by atoms with van der Waals surface area (Å²) in [5.41, 5.74) is 2.86. The van der Waals surface area contributed by atoms with Crippen LogP contribution in [0.25, 0.3) is 0 Å². The fourth-order valence-electron chi connectivity index (χ4n) is 2.29. The molecule has 1 amide bonds. The highest BCUT2D eigenvalue weighted by molar-refractivity contribution is 5.94. The van der Waals surface area contributed by atoms with Crippen LogP contribution in [0.3, 0.4) is 0 Å². The zero-order valence-electron chi connectivity index (χ0n) is 13.0. The predicted octanol–water partition coefficient (Wildman–Crippen LogP) is 4.24. The van der Waals surface area contributed by atoms with Crippen molar-refractivity contribution in [2.45, 2.75) is 33.3 Å². The fraction of sp³-hybridized carbons (Fsp3) is 0.278.